The molecule has 1 aliphatic rings. The van der Waals surface area contributed by atoms with E-state index in [2.05, 4.69) is 0 Å². The van der Waals surface area contributed by atoms with Gasteiger partial charge in [0.25, 0.3) is 5.56 Å². The number of amides is 1. The number of rotatable bonds is 3. The molecule has 0 aliphatic carbocycles. The molecule has 108 valence electrons. The molecule has 1 saturated heterocycles. The van der Waals surface area contributed by atoms with Crippen LogP contribution in [0.3, 0.4) is 0 Å². The van der Waals surface area contributed by atoms with Crippen LogP contribution in [0, 0.1) is 12.8 Å². The zero-order valence-electron chi connectivity index (χ0n) is 11.4. The number of aliphatic carboxylic acids is 1. The summed E-state index contributed by atoms with van der Waals surface area (Å²) >= 11 is 0. The number of aromatic nitrogens is 1. The van der Waals surface area contributed by atoms with Crippen molar-refractivity contribution in [3.63, 3.8) is 0 Å². The van der Waals surface area contributed by atoms with Crippen molar-refractivity contribution in [2.24, 2.45) is 5.92 Å². The summed E-state index contributed by atoms with van der Waals surface area (Å²) in [6, 6.07) is 4.87. The minimum absolute atomic E-state index is 0.0171. The number of likely N-dealkylation sites (tertiary alicyclic amines) is 1. The molecule has 1 fully saturated rings. The highest BCUT2D eigenvalue weighted by Gasteiger charge is 2.27. The molecule has 1 aliphatic heterocycles. The maximum Gasteiger partial charge on any atom is 0.306 e. The van der Waals surface area contributed by atoms with Gasteiger partial charge in [-0.25, -0.2) is 0 Å². The molecule has 1 N–H and O–H groups in total. The monoisotopic (exact) mass is 278 g/mol. The van der Waals surface area contributed by atoms with Crippen LogP contribution in [0.2, 0.25) is 0 Å². The van der Waals surface area contributed by atoms with Crippen LogP contribution in [-0.2, 0) is 16.1 Å². The van der Waals surface area contributed by atoms with Gasteiger partial charge in [-0.05, 0) is 25.8 Å². The van der Waals surface area contributed by atoms with Gasteiger partial charge in [-0.3, -0.25) is 14.4 Å². The Kier molecular flexibility index (Phi) is 4.22. The predicted octanol–water partition coefficient (Wildman–Crippen LogP) is 0.480. The molecule has 2 rings (SSSR count). The van der Waals surface area contributed by atoms with E-state index in [4.69, 9.17) is 5.11 Å². The van der Waals surface area contributed by atoms with Crippen molar-refractivity contribution in [2.45, 2.75) is 26.3 Å². The molecule has 20 heavy (non-hydrogen) atoms. The van der Waals surface area contributed by atoms with Gasteiger partial charge in [0, 0.05) is 24.8 Å². The van der Waals surface area contributed by atoms with Gasteiger partial charge in [0.2, 0.25) is 5.91 Å². The van der Waals surface area contributed by atoms with Gasteiger partial charge in [0.05, 0.1) is 5.92 Å². The Morgan fingerprint density at radius 1 is 1.30 bits per heavy atom. The van der Waals surface area contributed by atoms with Crippen molar-refractivity contribution < 1.29 is 14.7 Å². The first-order valence-electron chi connectivity index (χ1n) is 6.66. The van der Waals surface area contributed by atoms with Crippen LogP contribution >= 0.6 is 0 Å². The average Bonchev–Trinajstić information content (AvgIpc) is 2.43. The minimum Gasteiger partial charge on any atom is -0.481 e. The maximum absolute atomic E-state index is 12.2. The molecule has 1 aromatic rings. The van der Waals surface area contributed by atoms with E-state index < -0.39 is 5.97 Å². The Morgan fingerprint density at radius 2 is 1.95 bits per heavy atom. The maximum atomic E-state index is 12.2. The van der Waals surface area contributed by atoms with Crippen LogP contribution in [-0.4, -0.2) is 39.5 Å². The van der Waals surface area contributed by atoms with E-state index >= 15 is 0 Å². The summed E-state index contributed by atoms with van der Waals surface area (Å²) in [4.78, 5) is 36.4. The molecule has 0 radical (unpaired) electrons. The van der Waals surface area contributed by atoms with E-state index in [1.807, 2.05) is 0 Å². The summed E-state index contributed by atoms with van der Waals surface area (Å²) in [5, 5.41) is 8.92. The first-order chi connectivity index (χ1) is 9.49. The number of carboxylic acid groups (broad SMARTS) is 1. The predicted molar refractivity (Wildman–Crippen MR) is 72.4 cm³/mol. The molecule has 0 unspecified atom stereocenters. The number of hydrogen-bond acceptors (Lipinski definition) is 3. The van der Waals surface area contributed by atoms with Crippen LogP contribution in [0.1, 0.15) is 18.5 Å². The molecule has 1 amide bonds. The lowest BCUT2D eigenvalue weighted by molar-refractivity contribution is -0.145. The summed E-state index contributed by atoms with van der Waals surface area (Å²) < 4.78 is 1.44. The van der Waals surface area contributed by atoms with Gasteiger partial charge >= 0.3 is 5.97 Å². The summed E-state index contributed by atoms with van der Waals surface area (Å²) in [5.74, 6) is -1.29. The van der Waals surface area contributed by atoms with Crippen molar-refractivity contribution in [3.05, 3.63) is 34.2 Å². The highest BCUT2D eigenvalue weighted by molar-refractivity contribution is 5.77. The Labute approximate surface area is 116 Å². The van der Waals surface area contributed by atoms with Crippen LogP contribution in [0.25, 0.3) is 0 Å². The molecule has 0 bridgehead atoms. The van der Waals surface area contributed by atoms with Gasteiger partial charge in [-0.1, -0.05) is 6.07 Å². The van der Waals surface area contributed by atoms with E-state index in [-0.39, 0.29) is 23.9 Å². The second-order valence-corrected chi connectivity index (χ2v) is 5.08. The number of carbonyl (C=O) groups is 2. The Bertz CT molecular complexity index is 571. The van der Waals surface area contributed by atoms with Gasteiger partial charge < -0.3 is 14.6 Å². The van der Waals surface area contributed by atoms with Crippen molar-refractivity contribution in [1.82, 2.24) is 9.47 Å². The molecular formula is C14H18N2O4. The Hall–Kier alpha value is -2.11. The van der Waals surface area contributed by atoms with Gasteiger partial charge in [0.15, 0.2) is 0 Å². The normalized spacial score (nSPS) is 16.1. The number of pyridine rings is 1. The molecule has 6 heteroatoms. The lowest BCUT2D eigenvalue weighted by Gasteiger charge is -2.30. The lowest BCUT2D eigenvalue weighted by Crippen LogP contribution is -2.43. The number of carbonyl (C=O) groups excluding carboxylic acids is 1. The number of nitrogens with zero attached hydrogens (tertiary/aromatic N) is 2. The summed E-state index contributed by atoms with van der Waals surface area (Å²) in [5.41, 5.74) is 0.546. The van der Waals surface area contributed by atoms with Crippen molar-refractivity contribution >= 4 is 11.9 Å². The summed E-state index contributed by atoms with van der Waals surface area (Å²) in [6.07, 6.45) is 0.952. The molecule has 0 atom stereocenters. The van der Waals surface area contributed by atoms with Crippen LogP contribution in [0.5, 0.6) is 0 Å². The third-order valence-corrected chi connectivity index (χ3v) is 3.76. The van der Waals surface area contributed by atoms with E-state index in [9.17, 15) is 14.4 Å². The standard InChI is InChI=1S/C14H18N2O4/c1-10-3-2-4-12(17)16(10)9-13(18)15-7-5-11(6-8-15)14(19)20/h2-4,11H,5-9H2,1H3,(H,19,20). The van der Waals surface area contributed by atoms with Gasteiger partial charge in [-0.15, -0.1) is 0 Å². The quantitative estimate of drug-likeness (QED) is 0.872. The molecule has 0 saturated carbocycles. The molecule has 0 spiro atoms. The van der Waals surface area contributed by atoms with E-state index in [0.29, 0.717) is 25.9 Å². The smallest absolute Gasteiger partial charge is 0.306 e. The molecule has 0 aromatic carbocycles. The van der Waals surface area contributed by atoms with E-state index in [1.165, 1.54) is 10.6 Å². The van der Waals surface area contributed by atoms with Crippen LogP contribution < -0.4 is 5.56 Å². The topological polar surface area (TPSA) is 79.6 Å². The first kappa shape index (κ1) is 14.3. The summed E-state index contributed by atoms with van der Waals surface area (Å²) in [7, 11) is 0. The van der Waals surface area contributed by atoms with Crippen molar-refractivity contribution in [2.75, 3.05) is 13.1 Å². The van der Waals surface area contributed by atoms with Gasteiger partial charge in [0.1, 0.15) is 6.54 Å². The zero-order chi connectivity index (χ0) is 14.7. The SMILES string of the molecule is Cc1cccc(=O)n1CC(=O)N1CCC(C(=O)O)CC1. The van der Waals surface area contributed by atoms with E-state index in [1.54, 1.807) is 24.0 Å². The summed E-state index contributed by atoms with van der Waals surface area (Å²) in [6.45, 7) is 2.68. The second kappa shape index (κ2) is 5.90. The third-order valence-electron chi connectivity index (χ3n) is 3.76. The Morgan fingerprint density at radius 3 is 2.50 bits per heavy atom. The molecular weight excluding hydrogens is 260 g/mol. The third kappa shape index (κ3) is 3.07. The largest absolute Gasteiger partial charge is 0.481 e. The fourth-order valence-electron chi connectivity index (χ4n) is 2.44. The highest BCUT2D eigenvalue weighted by atomic mass is 16.4. The Balaban J connectivity index is 2.00. The van der Waals surface area contributed by atoms with Crippen molar-refractivity contribution in [3.8, 4) is 0 Å². The molecule has 1 aromatic heterocycles. The molecule has 2 heterocycles. The van der Waals surface area contributed by atoms with E-state index in [0.717, 1.165) is 5.69 Å². The van der Waals surface area contributed by atoms with Crippen molar-refractivity contribution in [1.29, 1.82) is 0 Å². The van der Waals surface area contributed by atoms with Gasteiger partial charge in [-0.2, -0.15) is 0 Å². The molecule has 6 nitrogen and oxygen atoms in total. The fourth-order valence-corrected chi connectivity index (χ4v) is 2.44. The number of carboxylic acids is 1. The number of piperidine rings is 1. The van der Waals surface area contributed by atoms with Crippen LogP contribution in [0.15, 0.2) is 23.0 Å². The lowest BCUT2D eigenvalue weighted by atomic mass is 9.97. The number of aryl methyl sites for hydroxylation is 1. The minimum atomic E-state index is -0.799. The highest BCUT2D eigenvalue weighted by Crippen LogP contribution is 2.17. The fraction of sp³-hybridized carbons (Fsp3) is 0.500. The first-order valence-corrected chi connectivity index (χ1v) is 6.66. The second-order valence-electron chi connectivity index (χ2n) is 5.08. The number of hydrogen-bond donors (Lipinski definition) is 1. The zero-order valence-corrected chi connectivity index (χ0v) is 11.4. The average molecular weight is 278 g/mol. The van der Waals surface area contributed by atoms with Crippen LogP contribution in [0.4, 0.5) is 0 Å².